The summed E-state index contributed by atoms with van der Waals surface area (Å²) >= 11 is 12.7. The molecule has 0 saturated heterocycles. The fourth-order valence-corrected chi connectivity index (χ4v) is 2.45. The SMILES string of the molecule is Fc1ccc(Br)cc1Oc1c(Cl)cccc1CBr. The topological polar surface area (TPSA) is 9.23 Å². The van der Waals surface area contributed by atoms with Gasteiger partial charge < -0.3 is 4.74 Å². The molecular formula is C13H8Br2ClFO. The normalized spacial score (nSPS) is 10.4. The number of hydrogen-bond acceptors (Lipinski definition) is 1. The van der Waals surface area contributed by atoms with Crippen molar-refractivity contribution in [2.75, 3.05) is 0 Å². The van der Waals surface area contributed by atoms with Crippen LogP contribution in [0.1, 0.15) is 5.56 Å². The van der Waals surface area contributed by atoms with Crippen LogP contribution >= 0.6 is 43.5 Å². The summed E-state index contributed by atoms with van der Waals surface area (Å²) in [5.41, 5.74) is 0.863. The van der Waals surface area contributed by atoms with Crippen LogP contribution in [0.4, 0.5) is 4.39 Å². The highest BCUT2D eigenvalue weighted by atomic mass is 79.9. The van der Waals surface area contributed by atoms with Gasteiger partial charge in [-0.3, -0.25) is 0 Å². The van der Waals surface area contributed by atoms with E-state index in [1.165, 1.54) is 6.07 Å². The highest BCUT2D eigenvalue weighted by molar-refractivity contribution is 9.10. The molecule has 0 heterocycles. The van der Waals surface area contributed by atoms with Crippen molar-refractivity contribution in [2.24, 2.45) is 0 Å². The van der Waals surface area contributed by atoms with Gasteiger partial charge in [0.25, 0.3) is 0 Å². The Kier molecular flexibility index (Phi) is 4.65. The quantitative estimate of drug-likeness (QED) is 0.587. The molecule has 0 aliphatic carbocycles. The minimum atomic E-state index is -0.432. The lowest BCUT2D eigenvalue weighted by molar-refractivity contribution is 0.439. The average Bonchev–Trinajstić information content (AvgIpc) is 2.36. The standard InChI is InChI=1S/C13H8Br2ClFO/c14-7-8-2-1-3-10(16)13(8)18-12-6-9(15)4-5-11(12)17/h1-6H,7H2. The average molecular weight is 394 g/mol. The van der Waals surface area contributed by atoms with Gasteiger partial charge in [-0.1, -0.05) is 55.6 Å². The van der Waals surface area contributed by atoms with Crippen molar-refractivity contribution in [1.82, 2.24) is 0 Å². The molecule has 0 spiro atoms. The third-order valence-electron chi connectivity index (χ3n) is 2.30. The van der Waals surface area contributed by atoms with Gasteiger partial charge in [-0.05, 0) is 24.3 Å². The Morgan fingerprint density at radius 3 is 2.72 bits per heavy atom. The maximum Gasteiger partial charge on any atom is 0.165 e. The van der Waals surface area contributed by atoms with Crippen LogP contribution in [0.2, 0.25) is 5.02 Å². The largest absolute Gasteiger partial charge is 0.452 e. The molecule has 94 valence electrons. The Morgan fingerprint density at radius 1 is 1.22 bits per heavy atom. The van der Waals surface area contributed by atoms with E-state index in [2.05, 4.69) is 31.9 Å². The van der Waals surface area contributed by atoms with Crippen LogP contribution in [0, 0.1) is 5.82 Å². The van der Waals surface area contributed by atoms with Gasteiger partial charge in [-0.2, -0.15) is 0 Å². The van der Waals surface area contributed by atoms with E-state index in [4.69, 9.17) is 16.3 Å². The molecule has 0 atom stereocenters. The number of hydrogen-bond donors (Lipinski definition) is 0. The van der Waals surface area contributed by atoms with Crippen LogP contribution in [0.15, 0.2) is 40.9 Å². The number of para-hydroxylation sites is 1. The predicted octanol–water partition coefficient (Wildman–Crippen LogP) is 5.93. The minimum Gasteiger partial charge on any atom is -0.452 e. The second-order valence-electron chi connectivity index (χ2n) is 3.54. The molecule has 18 heavy (non-hydrogen) atoms. The zero-order chi connectivity index (χ0) is 13.1. The summed E-state index contributed by atoms with van der Waals surface area (Å²) in [7, 11) is 0. The van der Waals surface area contributed by atoms with Crippen molar-refractivity contribution in [1.29, 1.82) is 0 Å². The third-order valence-corrected chi connectivity index (χ3v) is 3.69. The summed E-state index contributed by atoms with van der Waals surface area (Å²) in [4.78, 5) is 0. The molecule has 2 rings (SSSR count). The highest BCUT2D eigenvalue weighted by Crippen LogP contribution is 2.35. The first kappa shape index (κ1) is 13.8. The molecule has 0 saturated carbocycles. The molecule has 5 heteroatoms. The van der Waals surface area contributed by atoms with E-state index in [1.54, 1.807) is 18.2 Å². The molecule has 0 amide bonds. The number of rotatable bonds is 3. The summed E-state index contributed by atoms with van der Waals surface area (Å²) in [6.07, 6.45) is 0. The lowest BCUT2D eigenvalue weighted by Gasteiger charge is -2.12. The maximum absolute atomic E-state index is 13.6. The molecule has 0 radical (unpaired) electrons. The molecule has 0 aromatic heterocycles. The molecule has 2 aromatic carbocycles. The molecule has 0 bridgehead atoms. The van der Waals surface area contributed by atoms with Crippen molar-refractivity contribution >= 4 is 43.5 Å². The highest BCUT2D eigenvalue weighted by Gasteiger charge is 2.12. The number of ether oxygens (including phenoxy) is 1. The van der Waals surface area contributed by atoms with Gasteiger partial charge in [0.1, 0.15) is 5.75 Å². The zero-order valence-electron chi connectivity index (χ0n) is 9.09. The fraction of sp³-hybridized carbons (Fsp3) is 0.0769. The summed E-state index contributed by atoms with van der Waals surface area (Å²) in [5.74, 6) is 0.173. The van der Waals surface area contributed by atoms with Gasteiger partial charge in [0.05, 0.1) is 5.02 Å². The molecule has 0 fully saturated rings. The first-order valence-electron chi connectivity index (χ1n) is 5.08. The molecule has 2 aromatic rings. The minimum absolute atomic E-state index is 0.139. The lowest BCUT2D eigenvalue weighted by Crippen LogP contribution is -1.93. The summed E-state index contributed by atoms with van der Waals surface area (Å²) in [6.45, 7) is 0. The number of alkyl halides is 1. The zero-order valence-corrected chi connectivity index (χ0v) is 13.0. The second kappa shape index (κ2) is 6.04. The van der Waals surface area contributed by atoms with E-state index in [-0.39, 0.29) is 5.75 Å². The van der Waals surface area contributed by atoms with Crippen molar-refractivity contribution in [3.63, 3.8) is 0 Å². The molecule has 0 N–H and O–H groups in total. The molecule has 0 aliphatic rings. The van der Waals surface area contributed by atoms with Crippen molar-refractivity contribution in [3.8, 4) is 11.5 Å². The summed E-state index contributed by atoms with van der Waals surface area (Å²) in [5, 5.41) is 1.03. The first-order chi connectivity index (χ1) is 8.61. The molecule has 0 unspecified atom stereocenters. The van der Waals surface area contributed by atoms with Gasteiger partial charge in [0.15, 0.2) is 11.6 Å². The Labute approximate surface area is 126 Å². The van der Waals surface area contributed by atoms with E-state index in [9.17, 15) is 4.39 Å². The fourth-order valence-electron chi connectivity index (χ4n) is 1.44. The van der Waals surface area contributed by atoms with Crippen LogP contribution < -0.4 is 4.74 Å². The van der Waals surface area contributed by atoms with E-state index < -0.39 is 5.82 Å². The first-order valence-corrected chi connectivity index (χ1v) is 7.37. The van der Waals surface area contributed by atoms with Crippen LogP contribution in [0.5, 0.6) is 11.5 Å². The van der Waals surface area contributed by atoms with E-state index in [0.29, 0.717) is 16.1 Å². The molecule has 0 aliphatic heterocycles. The molecule has 1 nitrogen and oxygen atoms in total. The van der Waals surface area contributed by atoms with Crippen LogP contribution in [0.25, 0.3) is 0 Å². The monoisotopic (exact) mass is 392 g/mol. The maximum atomic E-state index is 13.6. The van der Waals surface area contributed by atoms with Crippen molar-refractivity contribution in [2.45, 2.75) is 5.33 Å². The second-order valence-corrected chi connectivity index (χ2v) is 5.42. The van der Waals surface area contributed by atoms with Crippen molar-refractivity contribution in [3.05, 3.63) is 57.3 Å². The summed E-state index contributed by atoms with van der Waals surface area (Å²) < 4.78 is 19.9. The Bertz CT molecular complexity index is 575. The van der Waals surface area contributed by atoms with Gasteiger partial charge in [-0.15, -0.1) is 0 Å². The Hall–Kier alpha value is -0.580. The van der Waals surface area contributed by atoms with Gasteiger partial charge in [0, 0.05) is 15.4 Å². The van der Waals surface area contributed by atoms with E-state index in [1.807, 2.05) is 12.1 Å². The van der Waals surface area contributed by atoms with Crippen molar-refractivity contribution < 1.29 is 9.13 Å². The molecular weight excluding hydrogens is 386 g/mol. The van der Waals surface area contributed by atoms with E-state index >= 15 is 0 Å². The Balaban J connectivity index is 2.42. The van der Waals surface area contributed by atoms with Crippen LogP contribution in [-0.4, -0.2) is 0 Å². The van der Waals surface area contributed by atoms with Crippen LogP contribution in [0.3, 0.4) is 0 Å². The van der Waals surface area contributed by atoms with E-state index in [0.717, 1.165) is 10.0 Å². The lowest BCUT2D eigenvalue weighted by atomic mass is 10.2. The van der Waals surface area contributed by atoms with Gasteiger partial charge in [-0.25, -0.2) is 4.39 Å². The Morgan fingerprint density at radius 2 is 2.00 bits per heavy atom. The third kappa shape index (κ3) is 3.05. The van der Waals surface area contributed by atoms with Gasteiger partial charge >= 0.3 is 0 Å². The number of halogens is 4. The van der Waals surface area contributed by atoms with Gasteiger partial charge in [0.2, 0.25) is 0 Å². The summed E-state index contributed by atoms with van der Waals surface area (Å²) in [6, 6.07) is 9.91. The predicted molar refractivity (Wildman–Crippen MR) is 78.3 cm³/mol. The van der Waals surface area contributed by atoms with Crippen LogP contribution in [-0.2, 0) is 5.33 Å². The smallest absolute Gasteiger partial charge is 0.165 e. The number of benzene rings is 2.